The van der Waals surface area contributed by atoms with Crippen LogP contribution in [0.15, 0.2) is 18.3 Å². The van der Waals surface area contributed by atoms with Gasteiger partial charge < -0.3 is 10.1 Å². The Labute approximate surface area is 87.8 Å². The standard InChI is InChI=1S/C11H13N3O/c1-14-7-8-2-3-10-9(11(8)13-14)6-12-4-5-15-10/h2-3,7,12H,4-6H2,1H3. The first-order chi connectivity index (χ1) is 7.34. The second-order valence-electron chi connectivity index (χ2n) is 3.81. The van der Waals surface area contributed by atoms with Crippen LogP contribution in [-0.4, -0.2) is 22.9 Å². The second kappa shape index (κ2) is 3.24. The van der Waals surface area contributed by atoms with Crippen LogP contribution in [-0.2, 0) is 13.6 Å². The normalized spacial score (nSPS) is 15.8. The molecule has 78 valence electrons. The van der Waals surface area contributed by atoms with Crippen molar-refractivity contribution in [3.8, 4) is 5.75 Å². The Balaban J connectivity index is 2.26. The van der Waals surface area contributed by atoms with E-state index in [1.807, 2.05) is 24.0 Å². The molecule has 1 aromatic carbocycles. The average molecular weight is 203 g/mol. The Kier molecular flexibility index (Phi) is 1.89. The molecule has 0 atom stereocenters. The molecule has 0 radical (unpaired) electrons. The average Bonchev–Trinajstić information content (AvgIpc) is 2.48. The maximum Gasteiger partial charge on any atom is 0.126 e. The summed E-state index contributed by atoms with van der Waals surface area (Å²) in [6.45, 7) is 2.46. The number of rotatable bonds is 0. The predicted octanol–water partition coefficient (Wildman–Crippen LogP) is 1.06. The Morgan fingerprint density at radius 3 is 3.33 bits per heavy atom. The zero-order valence-corrected chi connectivity index (χ0v) is 8.66. The Bertz CT molecular complexity index is 504. The van der Waals surface area contributed by atoms with Crippen LogP contribution in [0.4, 0.5) is 0 Å². The first kappa shape index (κ1) is 8.73. The van der Waals surface area contributed by atoms with Gasteiger partial charge in [0, 0.05) is 37.3 Å². The van der Waals surface area contributed by atoms with Crippen molar-refractivity contribution in [3.05, 3.63) is 23.9 Å². The van der Waals surface area contributed by atoms with Gasteiger partial charge in [-0.05, 0) is 12.1 Å². The fourth-order valence-corrected chi connectivity index (χ4v) is 2.00. The van der Waals surface area contributed by atoms with Crippen LogP contribution in [0.5, 0.6) is 5.75 Å². The lowest BCUT2D eigenvalue weighted by Gasteiger charge is -2.05. The zero-order chi connectivity index (χ0) is 10.3. The zero-order valence-electron chi connectivity index (χ0n) is 8.66. The molecule has 2 heterocycles. The van der Waals surface area contributed by atoms with Gasteiger partial charge in [-0.3, -0.25) is 4.68 Å². The molecule has 0 saturated heterocycles. The van der Waals surface area contributed by atoms with E-state index in [0.717, 1.165) is 31.0 Å². The molecule has 3 rings (SSSR count). The van der Waals surface area contributed by atoms with E-state index in [9.17, 15) is 0 Å². The summed E-state index contributed by atoms with van der Waals surface area (Å²) in [5.74, 6) is 0.964. The van der Waals surface area contributed by atoms with Crippen LogP contribution in [0.25, 0.3) is 10.9 Å². The largest absolute Gasteiger partial charge is 0.492 e. The fraction of sp³-hybridized carbons (Fsp3) is 0.364. The third-order valence-corrected chi connectivity index (χ3v) is 2.69. The van der Waals surface area contributed by atoms with Crippen molar-refractivity contribution >= 4 is 10.9 Å². The van der Waals surface area contributed by atoms with E-state index in [1.54, 1.807) is 0 Å². The molecule has 15 heavy (non-hydrogen) atoms. The minimum atomic E-state index is 0.728. The summed E-state index contributed by atoms with van der Waals surface area (Å²) < 4.78 is 7.50. The molecule has 4 nitrogen and oxygen atoms in total. The van der Waals surface area contributed by atoms with Crippen LogP contribution in [0.2, 0.25) is 0 Å². The molecule has 0 aliphatic carbocycles. The van der Waals surface area contributed by atoms with Gasteiger partial charge in [-0.1, -0.05) is 0 Å². The summed E-state index contributed by atoms with van der Waals surface area (Å²) >= 11 is 0. The summed E-state index contributed by atoms with van der Waals surface area (Å²) in [4.78, 5) is 0. The van der Waals surface area contributed by atoms with Crippen molar-refractivity contribution in [1.29, 1.82) is 0 Å². The molecule has 0 bridgehead atoms. The van der Waals surface area contributed by atoms with E-state index in [1.165, 1.54) is 10.9 Å². The highest BCUT2D eigenvalue weighted by Crippen LogP contribution is 2.27. The Morgan fingerprint density at radius 2 is 2.40 bits per heavy atom. The first-order valence-electron chi connectivity index (χ1n) is 5.13. The molecule has 0 unspecified atom stereocenters. The van der Waals surface area contributed by atoms with Gasteiger partial charge in [0.15, 0.2) is 0 Å². The lowest BCUT2D eigenvalue weighted by molar-refractivity contribution is 0.326. The minimum Gasteiger partial charge on any atom is -0.492 e. The number of nitrogens with zero attached hydrogens (tertiary/aromatic N) is 2. The van der Waals surface area contributed by atoms with Crippen LogP contribution in [0, 0.1) is 0 Å². The predicted molar refractivity (Wildman–Crippen MR) is 57.9 cm³/mol. The quantitative estimate of drug-likeness (QED) is 0.695. The number of ether oxygens (including phenoxy) is 1. The summed E-state index contributed by atoms with van der Waals surface area (Å²) in [7, 11) is 1.94. The minimum absolute atomic E-state index is 0.728. The van der Waals surface area contributed by atoms with Crippen LogP contribution < -0.4 is 10.1 Å². The summed E-state index contributed by atoms with van der Waals surface area (Å²) in [6.07, 6.45) is 2.03. The smallest absolute Gasteiger partial charge is 0.126 e. The first-order valence-corrected chi connectivity index (χ1v) is 5.13. The number of hydrogen-bond acceptors (Lipinski definition) is 3. The van der Waals surface area contributed by atoms with E-state index >= 15 is 0 Å². The van der Waals surface area contributed by atoms with Crippen molar-refractivity contribution < 1.29 is 4.74 Å². The second-order valence-corrected chi connectivity index (χ2v) is 3.81. The number of nitrogens with one attached hydrogen (secondary N) is 1. The lowest BCUT2D eigenvalue weighted by Crippen LogP contribution is -2.16. The highest BCUT2D eigenvalue weighted by Gasteiger charge is 2.13. The van der Waals surface area contributed by atoms with Crippen LogP contribution in [0.3, 0.4) is 0 Å². The van der Waals surface area contributed by atoms with Gasteiger partial charge in [0.05, 0.1) is 0 Å². The molecule has 1 N–H and O–H groups in total. The van der Waals surface area contributed by atoms with Crippen molar-refractivity contribution in [3.63, 3.8) is 0 Å². The molecular formula is C11H13N3O. The summed E-state index contributed by atoms with van der Waals surface area (Å²) in [5, 5.41) is 8.97. The topological polar surface area (TPSA) is 39.1 Å². The third-order valence-electron chi connectivity index (χ3n) is 2.69. The van der Waals surface area contributed by atoms with Gasteiger partial charge in [-0.2, -0.15) is 5.10 Å². The number of aromatic nitrogens is 2. The van der Waals surface area contributed by atoms with Crippen molar-refractivity contribution in [1.82, 2.24) is 15.1 Å². The van der Waals surface area contributed by atoms with Gasteiger partial charge in [0.2, 0.25) is 0 Å². The van der Waals surface area contributed by atoms with Crippen molar-refractivity contribution in [2.75, 3.05) is 13.2 Å². The fourth-order valence-electron chi connectivity index (χ4n) is 2.00. The van der Waals surface area contributed by atoms with E-state index in [2.05, 4.69) is 16.5 Å². The molecule has 0 spiro atoms. The lowest BCUT2D eigenvalue weighted by atomic mass is 10.1. The molecular weight excluding hydrogens is 190 g/mol. The SMILES string of the molecule is Cn1cc2ccc3c(c2n1)CNCCO3. The monoisotopic (exact) mass is 203 g/mol. The maximum absolute atomic E-state index is 5.65. The number of benzene rings is 1. The summed E-state index contributed by atoms with van der Waals surface area (Å²) in [6, 6.07) is 4.10. The molecule has 2 aromatic rings. The Hall–Kier alpha value is -1.55. The molecule has 1 aliphatic heterocycles. The number of hydrogen-bond donors (Lipinski definition) is 1. The van der Waals surface area contributed by atoms with Gasteiger partial charge in [-0.15, -0.1) is 0 Å². The molecule has 0 amide bonds. The van der Waals surface area contributed by atoms with Gasteiger partial charge in [-0.25, -0.2) is 0 Å². The summed E-state index contributed by atoms with van der Waals surface area (Å²) in [5.41, 5.74) is 2.22. The van der Waals surface area contributed by atoms with Crippen molar-refractivity contribution in [2.45, 2.75) is 6.54 Å². The van der Waals surface area contributed by atoms with E-state index in [-0.39, 0.29) is 0 Å². The molecule has 1 aromatic heterocycles. The molecule has 0 saturated carbocycles. The van der Waals surface area contributed by atoms with E-state index in [0.29, 0.717) is 0 Å². The molecule has 1 aliphatic rings. The Morgan fingerprint density at radius 1 is 1.47 bits per heavy atom. The molecule has 0 fully saturated rings. The van der Waals surface area contributed by atoms with Crippen molar-refractivity contribution in [2.24, 2.45) is 7.05 Å². The van der Waals surface area contributed by atoms with Gasteiger partial charge >= 0.3 is 0 Å². The number of aryl methyl sites for hydroxylation is 1. The highest BCUT2D eigenvalue weighted by molar-refractivity contribution is 5.83. The van der Waals surface area contributed by atoms with Crippen LogP contribution in [0.1, 0.15) is 5.56 Å². The molecule has 4 heteroatoms. The third kappa shape index (κ3) is 1.37. The van der Waals surface area contributed by atoms with Gasteiger partial charge in [0.1, 0.15) is 17.9 Å². The van der Waals surface area contributed by atoms with E-state index < -0.39 is 0 Å². The number of fused-ring (bicyclic) bond motifs is 3. The van der Waals surface area contributed by atoms with Gasteiger partial charge in [0.25, 0.3) is 0 Å². The van der Waals surface area contributed by atoms with E-state index in [4.69, 9.17) is 4.74 Å². The maximum atomic E-state index is 5.65. The highest BCUT2D eigenvalue weighted by atomic mass is 16.5. The van der Waals surface area contributed by atoms with Crippen LogP contribution >= 0.6 is 0 Å².